The van der Waals surface area contributed by atoms with E-state index in [-0.39, 0.29) is 23.7 Å². The molecule has 0 spiro atoms. The highest BCUT2D eigenvalue weighted by molar-refractivity contribution is 14.1. The first-order chi connectivity index (χ1) is 14.8. The van der Waals surface area contributed by atoms with Gasteiger partial charge in [0.25, 0.3) is 5.91 Å². The molecule has 1 saturated heterocycles. The summed E-state index contributed by atoms with van der Waals surface area (Å²) < 4.78 is 6.67. The second kappa shape index (κ2) is 11.5. The van der Waals surface area contributed by atoms with Gasteiger partial charge in [-0.15, -0.1) is 0 Å². The molecule has 0 saturated carbocycles. The van der Waals surface area contributed by atoms with Gasteiger partial charge in [-0.3, -0.25) is 14.4 Å². The van der Waals surface area contributed by atoms with Crippen LogP contribution in [-0.4, -0.2) is 82.3 Å². The standard InChI is InChI=1S/C19H23I3N2O8/c1-6(26)4-8-11(20)10(13(22)15(12(8)21)24(3)7(2)27)18(30)23-14-17(29)16(28)9(5-25)32-19(14)31/h9,14,16-17,19,25,28-29,31H,4-5H2,1-3H3,(H,23,30)/t9-,14-,16-,17-,19?/m1/s1. The van der Waals surface area contributed by atoms with E-state index in [9.17, 15) is 34.8 Å². The summed E-state index contributed by atoms with van der Waals surface area (Å²) >= 11 is 5.93. The van der Waals surface area contributed by atoms with Gasteiger partial charge in [-0.05, 0) is 80.3 Å². The van der Waals surface area contributed by atoms with Crippen molar-refractivity contribution in [3.8, 4) is 0 Å². The summed E-state index contributed by atoms with van der Waals surface area (Å²) in [5.74, 6) is -1.10. The molecule has 1 aromatic rings. The number of hydrogen-bond donors (Lipinski definition) is 5. The van der Waals surface area contributed by atoms with Crippen LogP contribution in [0.3, 0.4) is 0 Å². The molecule has 5 N–H and O–H groups in total. The van der Waals surface area contributed by atoms with Crippen LogP contribution in [0.5, 0.6) is 0 Å². The Morgan fingerprint density at radius 3 is 2.12 bits per heavy atom. The van der Waals surface area contributed by atoms with E-state index in [0.29, 0.717) is 22.0 Å². The van der Waals surface area contributed by atoms with Crippen LogP contribution in [0.25, 0.3) is 0 Å². The van der Waals surface area contributed by atoms with Crippen molar-refractivity contribution in [2.45, 2.75) is 50.9 Å². The average molecular weight is 788 g/mol. The van der Waals surface area contributed by atoms with Gasteiger partial charge in [0, 0.05) is 27.5 Å². The molecule has 1 aromatic carbocycles. The van der Waals surface area contributed by atoms with E-state index >= 15 is 0 Å². The van der Waals surface area contributed by atoms with Gasteiger partial charge in [0.2, 0.25) is 5.91 Å². The predicted octanol–water partition coefficient (Wildman–Crippen LogP) is 0.144. The molecule has 1 unspecified atom stereocenters. The van der Waals surface area contributed by atoms with E-state index in [2.05, 4.69) is 5.32 Å². The van der Waals surface area contributed by atoms with Gasteiger partial charge in [-0.2, -0.15) is 0 Å². The molecule has 5 atom stereocenters. The van der Waals surface area contributed by atoms with Crippen molar-refractivity contribution in [1.29, 1.82) is 0 Å². The lowest BCUT2D eigenvalue weighted by Crippen LogP contribution is -2.64. The number of nitrogens with zero attached hydrogens (tertiary/aromatic N) is 1. The maximum Gasteiger partial charge on any atom is 0.254 e. The molecule has 32 heavy (non-hydrogen) atoms. The molecular weight excluding hydrogens is 765 g/mol. The summed E-state index contributed by atoms with van der Waals surface area (Å²) in [4.78, 5) is 38.6. The molecule has 0 aliphatic carbocycles. The Bertz CT molecular complexity index is 929. The number of amides is 2. The summed E-state index contributed by atoms with van der Waals surface area (Å²) in [6, 6.07) is -1.38. The van der Waals surface area contributed by atoms with E-state index in [4.69, 9.17) is 4.74 Å². The van der Waals surface area contributed by atoms with Gasteiger partial charge in [0.15, 0.2) is 6.29 Å². The Morgan fingerprint density at radius 2 is 1.62 bits per heavy atom. The van der Waals surface area contributed by atoms with Crippen molar-refractivity contribution in [2.75, 3.05) is 18.6 Å². The van der Waals surface area contributed by atoms with E-state index in [0.717, 1.165) is 0 Å². The highest BCUT2D eigenvalue weighted by Crippen LogP contribution is 2.38. The zero-order valence-electron chi connectivity index (χ0n) is 17.3. The number of rotatable bonds is 6. The number of nitrogens with one attached hydrogen (secondary N) is 1. The van der Waals surface area contributed by atoms with Crippen LogP contribution in [0.1, 0.15) is 29.8 Å². The van der Waals surface area contributed by atoms with Crippen molar-refractivity contribution >= 4 is 91.1 Å². The first kappa shape index (κ1) is 28.1. The Labute approximate surface area is 225 Å². The first-order valence-corrected chi connectivity index (χ1v) is 12.6. The molecular formula is C19H23I3N2O8. The maximum absolute atomic E-state index is 13.3. The molecule has 0 bridgehead atoms. The Balaban J connectivity index is 2.56. The molecule has 2 amide bonds. The van der Waals surface area contributed by atoms with Crippen molar-refractivity contribution in [1.82, 2.24) is 5.32 Å². The van der Waals surface area contributed by atoms with E-state index in [1.807, 2.05) is 67.8 Å². The van der Waals surface area contributed by atoms with Crippen LogP contribution < -0.4 is 10.2 Å². The molecule has 1 aliphatic heterocycles. The normalized spacial score (nSPS) is 25.4. The topological polar surface area (TPSA) is 157 Å². The van der Waals surface area contributed by atoms with Gasteiger partial charge < -0.3 is 35.4 Å². The van der Waals surface area contributed by atoms with Crippen molar-refractivity contribution in [3.63, 3.8) is 0 Å². The van der Waals surface area contributed by atoms with Crippen LogP contribution in [0.15, 0.2) is 0 Å². The lowest BCUT2D eigenvalue weighted by molar-refractivity contribution is -0.252. The number of halogens is 3. The van der Waals surface area contributed by atoms with Gasteiger partial charge in [0.1, 0.15) is 30.1 Å². The molecule has 0 aromatic heterocycles. The minimum Gasteiger partial charge on any atom is -0.394 e. The van der Waals surface area contributed by atoms with Crippen molar-refractivity contribution in [3.05, 3.63) is 21.8 Å². The molecule has 1 heterocycles. The largest absolute Gasteiger partial charge is 0.394 e. The van der Waals surface area contributed by atoms with Crippen LogP contribution in [0.4, 0.5) is 5.69 Å². The number of anilines is 1. The zero-order valence-corrected chi connectivity index (χ0v) is 23.8. The van der Waals surface area contributed by atoms with E-state index in [1.54, 1.807) is 7.05 Å². The van der Waals surface area contributed by atoms with Crippen molar-refractivity contribution in [2.24, 2.45) is 0 Å². The molecule has 10 nitrogen and oxygen atoms in total. The number of hydrogen-bond acceptors (Lipinski definition) is 8. The third-order valence-corrected chi connectivity index (χ3v) is 8.45. The fourth-order valence-electron chi connectivity index (χ4n) is 3.23. The fraction of sp³-hybridized carbons (Fsp3) is 0.526. The SMILES string of the molecule is CC(=O)Cc1c(I)c(C(=O)N[C@H]2C(O)O[C@H](CO)[C@@H](O)[C@@H]2O)c(I)c(N(C)C(C)=O)c1I. The lowest BCUT2D eigenvalue weighted by atomic mass is 9.96. The predicted molar refractivity (Wildman–Crippen MR) is 139 cm³/mol. The van der Waals surface area contributed by atoms with Gasteiger partial charge in [0.05, 0.1) is 21.4 Å². The van der Waals surface area contributed by atoms with Gasteiger partial charge in [-0.1, -0.05) is 0 Å². The fourth-order valence-corrected chi connectivity index (χ4v) is 7.99. The lowest BCUT2D eigenvalue weighted by Gasteiger charge is -2.40. The smallest absolute Gasteiger partial charge is 0.254 e. The minimum atomic E-state index is -1.68. The number of ether oxygens (including phenoxy) is 1. The zero-order chi connectivity index (χ0) is 24.5. The monoisotopic (exact) mass is 788 g/mol. The second-order valence-electron chi connectivity index (χ2n) is 7.33. The summed E-state index contributed by atoms with van der Waals surface area (Å²) in [5, 5.41) is 42.4. The average Bonchev–Trinajstić information content (AvgIpc) is 2.70. The molecule has 178 valence electrons. The molecule has 2 rings (SSSR count). The number of benzene rings is 1. The molecule has 1 aliphatic rings. The van der Waals surface area contributed by atoms with E-state index in [1.165, 1.54) is 18.7 Å². The number of Topliss-reactive ketones (excluding diaryl/α,β-unsaturated/α-hetero) is 1. The number of aliphatic hydroxyl groups excluding tert-OH is 4. The third-order valence-electron chi connectivity index (χ3n) is 5.04. The summed E-state index contributed by atoms with van der Waals surface area (Å²) in [7, 11) is 1.56. The number of ketones is 1. The quantitative estimate of drug-likeness (QED) is 0.256. The first-order valence-electron chi connectivity index (χ1n) is 9.37. The molecule has 0 radical (unpaired) electrons. The van der Waals surface area contributed by atoms with Crippen LogP contribution >= 0.6 is 67.8 Å². The maximum atomic E-state index is 13.3. The Kier molecular flexibility index (Phi) is 10.1. The Hall–Kier alpha value is -0.180. The second-order valence-corrected chi connectivity index (χ2v) is 10.6. The third kappa shape index (κ3) is 5.72. The molecule has 1 fully saturated rings. The summed E-state index contributed by atoms with van der Waals surface area (Å²) in [5.41, 5.74) is 1.19. The van der Waals surface area contributed by atoms with Crippen LogP contribution in [0, 0.1) is 10.7 Å². The van der Waals surface area contributed by atoms with Gasteiger partial charge in [-0.25, -0.2) is 0 Å². The van der Waals surface area contributed by atoms with Crippen LogP contribution in [0.2, 0.25) is 0 Å². The Morgan fingerprint density at radius 1 is 1.03 bits per heavy atom. The highest BCUT2D eigenvalue weighted by atomic mass is 127. The molecule has 13 heteroatoms. The van der Waals surface area contributed by atoms with Crippen LogP contribution in [-0.2, 0) is 20.7 Å². The summed E-state index contributed by atoms with van der Waals surface area (Å²) in [6.45, 7) is 2.17. The van der Waals surface area contributed by atoms with Gasteiger partial charge >= 0.3 is 0 Å². The number of carbonyl (C=O) groups excluding carboxylic acids is 3. The van der Waals surface area contributed by atoms with Crippen molar-refractivity contribution < 1.29 is 39.5 Å². The number of carbonyl (C=O) groups is 3. The summed E-state index contributed by atoms with van der Waals surface area (Å²) in [6.07, 6.45) is -5.97. The highest BCUT2D eigenvalue weighted by Gasteiger charge is 2.44. The number of aliphatic hydroxyl groups is 4. The van der Waals surface area contributed by atoms with E-state index < -0.39 is 43.2 Å². The minimum absolute atomic E-state index is 0.0428.